The van der Waals surface area contributed by atoms with Crippen molar-refractivity contribution >= 4 is 0 Å². The summed E-state index contributed by atoms with van der Waals surface area (Å²) < 4.78 is 0. The van der Waals surface area contributed by atoms with Gasteiger partial charge in [0.05, 0.1) is 0 Å². The van der Waals surface area contributed by atoms with Crippen molar-refractivity contribution in [1.29, 1.82) is 0 Å². The standard InChI is InChI=1S/C6H12N.W/c1-6-4-2-3-5-7-6;/h4,6-7H,2-3,5H2,1H3;/q-1;/t6-;/m0./s1. The second-order valence-corrected chi connectivity index (χ2v) is 2.12. The molecule has 0 aromatic carbocycles. The predicted octanol–water partition coefficient (Wildman–Crippen LogP) is 0.960. The first-order valence-corrected chi connectivity index (χ1v) is 2.96. The SMILES string of the molecule is C[C@H]1[CH-]CCCN1.[W]. The fraction of sp³-hybridized carbons (Fsp3) is 0.833. The molecule has 1 aliphatic heterocycles. The molecule has 1 saturated heterocycles. The van der Waals surface area contributed by atoms with Gasteiger partial charge in [0.2, 0.25) is 0 Å². The van der Waals surface area contributed by atoms with Crippen LogP contribution >= 0.6 is 0 Å². The van der Waals surface area contributed by atoms with E-state index in [1.165, 1.54) is 19.4 Å². The van der Waals surface area contributed by atoms with Gasteiger partial charge in [-0.05, 0) is 6.54 Å². The number of nitrogens with one attached hydrogen (secondary N) is 1. The van der Waals surface area contributed by atoms with Crippen LogP contribution in [0.15, 0.2) is 0 Å². The Hall–Kier alpha value is 0.648. The third-order valence-electron chi connectivity index (χ3n) is 1.37. The number of rotatable bonds is 0. The van der Waals surface area contributed by atoms with E-state index in [4.69, 9.17) is 0 Å². The third-order valence-corrected chi connectivity index (χ3v) is 1.37. The molecule has 1 N–H and O–H groups in total. The number of hydrogen-bond acceptors (Lipinski definition) is 1. The van der Waals surface area contributed by atoms with Crippen LogP contribution < -0.4 is 5.32 Å². The molecular weight excluding hydrogens is 270 g/mol. The minimum atomic E-state index is 0. The molecule has 0 bridgehead atoms. The summed E-state index contributed by atoms with van der Waals surface area (Å²) in [4.78, 5) is 0. The molecule has 0 radical (unpaired) electrons. The number of hydrogen-bond donors (Lipinski definition) is 1. The van der Waals surface area contributed by atoms with Gasteiger partial charge in [-0.3, -0.25) is 0 Å². The van der Waals surface area contributed by atoms with Gasteiger partial charge in [0.25, 0.3) is 0 Å². The molecule has 1 nitrogen and oxygen atoms in total. The molecular formula is C6H12NW-. The summed E-state index contributed by atoms with van der Waals surface area (Å²) in [6.45, 7) is 3.40. The van der Waals surface area contributed by atoms with E-state index >= 15 is 0 Å². The second-order valence-electron chi connectivity index (χ2n) is 2.12. The van der Waals surface area contributed by atoms with Crippen LogP contribution in [-0.2, 0) is 21.1 Å². The molecule has 0 unspecified atom stereocenters. The Balaban J connectivity index is 0.000000490. The zero-order valence-electron chi connectivity index (χ0n) is 5.18. The first-order valence-electron chi connectivity index (χ1n) is 2.96. The monoisotopic (exact) mass is 282 g/mol. The molecule has 0 saturated carbocycles. The Bertz CT molecular complexity index is 50.5. The van der Waals surface area contributed by atoms with E-state index in [-0.39, 0.29) is 21.1 Å². The molecule has 8 heavy (non-hydrogen) atoms. The molecule has 1 heterocycles. The minimum absolute atomic E-state index is 0. The van der Waals surface area contributed by atoms with Crippen molar-refractivity contribution in [2.75, 3.05) is 6.54 Å². The van der Waals surface area contributed by atoms with Crippen LogP contribution in [0, 0.1) is 6.42 Å². The van der Waals surface area contributed by atoms with Crippen LogP contribution in [0.25, 0.3) is 0 Å². The fourth-order valence-corrected chi connectivity index (χ4v) is 0.883. The van der Waals surface area contributed by atoms with Crippen LogP contribution in [0.5, 0.6) is 0 Å². The fourth-order valence-electron chi connectivity index (χ4n) is 0.883. The molecule has 0 aromatic rings. The van der Waals surface area contributed by atoms with E-state index in [2.05, 4.69) is 18.7 Å². The maximum atomic E-state index is 3.33. The van der Waals surface area contributed by atoms with Crippen molar-refractivity contribution in [3.05, 3.63) is 6.42 Å². The summed E-state index contributed by atoms with van der Waals surface area (Å²) in [5.74, 6) is 0. The van der Waals surface area contributed by atoms with Gasteiger partial charge in [0.15, 0.2) is 0 Å². The van der Waals surface area contributed by atoms with Crippen LogP contribution in [0.4, 0.5) is 0 Å². The van der Waals surface area contributed by atoms with Crippen molar-refractivity contribution in [2.45, 2.75) is 25.8 Å². The third kappa shape index (κ3) is 2.84. The first kappa shape index (κ1) is 8.65. The summed E-state index contributed by atoms with van der Waals surface area (Å²) in [6, 6.07) is 0.661. The average Bonchev–Trinajstić information content (AvgIpc) is 1.69. The Kier molecular flexibility index (Phi) is 4.89. The predicted molar refractivity (Wildman–Crippen MR) is 31.0 cm³/mol. The smallest absolute Gasteiger partial charge is 0 e. The topological polar surface area (TPSA) is 12.0 Å². The van der Waals surface area contributed by atoms with Gasteiger partial charge >= 0.3 is 0 Å². The summed E-state index contributed by atoms with van der Waals surface area (Å²) in [6.07, 6.45) is 4.95. The van der Waals surface area contributed by atoms with Gasteiger partial charge in [0, 0.05) is 21.1 Å². The molecule has 2 heteroatoms. The molecule has 1 rings (SSSR count). The molecule has 0 aliphatic carbocycles. The summed E-state index contributed by atoms with van der Waals surface area (Å²) in [7, 11) is 0. The van der Waals surface area contributed by atoms with Crippen LogP contribution in [0.1, 0.15) is 19.8 Å². The molecule has 0 aromatic heterocycles. The van der Waals surface area contributed by atoms with Crippen LogP contribution in [-0.4, -0.2) is 12.6 Å². The minimum Gasteiger partial charge on any atom is -0.344 e. The largest absolute Gasteiger partial charge is 0.344 e. The van der Waals surface area contributed by atoms with E-state index in [9.17, 15) is 0 Å². The van der Waals surface area contributed by atoms with Gasteiger partial charge in [-0.15, -0.1) is 6.04 Å². The van der Waals surface area contributed by atoms with E-state index in [1.807, 2.05) is 0 Å². The van der Waals surface area contributed by atoms with Crippen molar-refractivity contribution in [3.8, 4) is 0 Å². The molecule has 48 valence electrons. The first-order chi connectivity index (χ1) is 3.39. The Morgan fingerprint density at radius 1 is 1.62 bits per heavy atom. The summed E-state index contributed by atoms with van der Waals surface area (Å²) in [5, 5.41) is 3.33. The zero-order valence-corrected chi connectivity index (χ0v) is 8.12. The van der Waals surface area contributed by atoms with E-state index in [0.717, 1.165) is 0 Å². The van der Waals surface area contributed by atoms with Crippen molar-refractivity contribution in [1.82, 2.24) is 5.32 Å². The van der Waals surface area contributed by atoms with Gasteiger partial charge in [0.1, 0.15) is 0 Å². The summed E-state index contributed by atoms with van der Waals surface area (Å²) in [5.41, 5.74) is 0. The normalized spacial score (nSPS) is 28.9. The van der Waals surface area contributed by atoms with Crippen LogP contribution in [0.2, 0.25) is 0 Å². The maximum Gasteiger partial charge on any atom is 0 e. The Labute approximate surface area is 65.5 Å². The quantitative estimate of drug-likeness (QED) is 0.653. The van der Waals surface area contributed by atoms with Crippen molar-refractivity contribution < 1.29 is 21.1 Å². The Morgan fingerprint density at radius 3 is 2.62 bits per heavy atom. The average molecular weight is 282 g/mol. The van der Waals surface area contributed by atoms with Gasteiger partial charge in [-0.1, -0.05) is 13.3 Å². The molecule has 1 atom stereocenters. The molecule has 0 amide bonds. The van der Waals surface area contributed by atoms with E-state index in [1.54, 1.807) is 0 Å². The van der Waals surface area contributed by atoms with Gasteiger partial charge < -0.3 is 11.7 Å². The molecule has 1 aliphatic rings. The van der Waals surface area contributed by atoms with Crippen molar-refractivity contribution in [3.63, 3.8) is 0 Å². The molecule has 0 spiro atoms. The van der Waals surface area contributed by atoms with E-state index in [0.29, 0.717) is 6.04 Å². The van der Waals surface area contributed by atoms with Crippen molar-refractivity contribution in [2.24, 2.45) is 0 Å². The Morgan fingerprint density at radius 2 is 2.38 bits per heavy atom. The molecule has 1 fully saturated rings. The number of piperidine rings is 1. The van der Waals surface area contributed by atoms with Gasteiger partial charge in [-0.25, -0.2) is 0 Å². The van der Waals surface area contributed by atoms with Crippen LogP contribution in [0.3, 0.4) is 0 Å². The second kappa shape index (κ2) is 4.52. The maximum absolute atomic E-state index is 3.33. The summed E-state index contributed by atoms with van der Waals surface area (Å²) >= 11 is 0. The van der Waals surface area contributed by atoms with Gasteiger partial charge in [-0.2, -0.15) is 6.42 Å². The van der Waals surface area contributed by atoms with E-state index < -0.39 is 0 Å². The zero-order chi connectivity index (χ0) is 5.11.